The van der Waals surface area contributed by atoms with Crippen LogP contribution < -0.4 is 11.2 Å². The Kier molecular flexibility index (Phi) is 5.46. The van der Waals surface area contributed by atoms with E-state index in [0.717, 1.165) is 10.9 Å². The summed E-state index contributed by atoms with van der Waals surface area (Å²) in [5.74, 6) is 0. The molecule has 1 unspecified atom stereocenters. The predicted molar refractivity (Wildman–Crippen MR) is 85.8 cm³/mol. The molecule has 1 saturated heterocycles. The highest BCUT2D eigenvalue weighted by Gasteiger charge is 2.46. The summed E-state index contributed by atoms with van der Waals surface area (Å²) in [7, 11) is -10.5. The fourth-order valence-electron chi connectivity index (χ4n) is 2.57. The van der Waals surface area contributed by atoms with Gasteiger partial charge in [0.1, 0.15) is 24.0 Å². The Morgan fingerprint density at radius 1 is 1.18 bits per heavy atom. The van der Waals surface area contributed by atoms with Gasteiger partial charge in [-0.2, -0.15) is 4.31 Å². The summed E-state index contributed by atoms with van der Waals surface area (Å²) >= 11 is 0. The molecule has 0 saturated carbocycles. The number of ether oxygens (including phenoxy) is 1. The van der Waals surface area contributed by atoms with Gasteiger partial charge in [0, 0.05) is 0 Å². The zero-order valence-electron chi connectivity index (χ0n) is 13.5. The summed E-state index contributed by atoms with van der Waals surface area (Å²) in [5, 5.41) is 20.2. The normalized spacial score (nSPS) is 27.9. The lowest BCUT2D eigenvalue weighted by Crippen LogP contribution is -2.33. The number of nitrogens with one attached hydrogen (secondary N) is 2. The smallest absolute Gasteiger partial charge is 0.387 e. The minimum atomic E-state index is -5.33. The highest BCUT2D eigenvalue weighted by Crippen LogP contribution is 2.57. The van der Waals surface area contributed by atoms with Crippen LogP contribution in [0, 0.1) is 0 Å². The van der Waals surface area contributed by atoms with Crippen molar-refractivity contribution in [2.24, 2.45) is 0 Å². The average Bonchev–Trinajstić information content (AvgIpc) is 3.06. The first kappa shape index (κ1) is 21.0. The van der Waals surface area contributed by atoms with Crippen LogP contribution in [0.1, 0.15) is 6.23 Å². The zero-order chi connectivity index (χ0) is 20.9. The third-order valence-corrected chi connectivity index (χ3v) is 5.84. The van der Waals surface area contributed by atoms with Crippen LogP contribution in [0.2, 0.25) is 0 Å². The number of aromatic nitrogens is 4. The van der Waals surface area contributed by atoms with E-state index in [1.54, 1.807) is 0 Å². The molecular formula is C10H14N4O12P2. The molecule has 3 rings (SSSR count). The molecule has 0 spiro atoms. The number of hydrogen-bond acceptors (Lipinski definition) is 10. The van der Waals surface area contributed by atoms with Crippen LogP contribution in [0.3, 0.4) is 0 Å². The molecule has 1 aliphatic heterocycles. The maximum Gasteiger partial charge on any atom is 0.481 e. The lowest BCUT2D eigenvalue weighted by molar-refractivity contribution is -0.0503. The topological polar surface area (TPSA) is 247 Å². The van der Waals surface area contributed by atoms with E-state index < -0.39 is 58.0 Å². The highest BCUT2D eigenvalue weighted by atomic mass is 31.3. The van der Waals surface area contributed by atoms with Crippen LogP contribution in [0.15, 0.2) is 15.9 Å². The van der Waals surface area contributed by atoms with E-state index in [9.17, 15) is 33.8 Å². The summed E-state index contributed by atoms with van der Waals surface area (Å²) in [5.41, 5.74) is -1.96. The first-order chi connectivity index (χ1) is 12.9. The maximum absolute atomic E-state index is 11.7. The van der Waals surface area contributed by atoms with E-state index in [1.807, 2.05) is 4.98 Å². The van der Waals surface area contributed by atoms with Gasteiger partial charge in [0.05, 0.1) is 12.9 Å². The Bertz CT molecular complexity index is 1090. The van der Waals surface area contributed by atoms with E-state index >= 15 is 0 Å². The van der Waals surface area contributed by atoms with Crippen molar-refractivity contribution in [3.63, 3.8) is 0 Å². The van der Waals surface area contributed by atoms with Gasteiger partial charge in [0.25, 0.3) is 5.56 Å². The molecule has 5 atom stereocenters. The van der Waals surface area contributed by atoms with Crippen LogP contribution in [0.25, 0.3) is 11.2 Å². The predicted octanol–water partition coefficient (Wildman–Crippen LogP) is -2.74. The maximum atomic E-state index is 11.7. The molecule has 156 valence electrons. The van der Waals surface area contributed by atoms with Crippen molar-refractivity contribution in [1.29, 1.82) is 0 Å². The van der Waals surface area contributed by atoms with Gasteiger partial charge in [-0.25, -0.2) is 18.9 Å². The molecule has 2 aromatic heterocycles. The molecule has 0 aliphatic carbocycles. The first-order valence-corrected chi connectivity index (χ1v) is 10.4. The number of fused-ring (bicyclic) bond motifs is 1. The third kappa shape index (κ3) is 4.31. The van der Waals surface area contributed by atoms with Crippen molar-refractivity contribution in [2.75, 3.05) is 6.61 Å². The van der Waals surface area contributed by atoms with Gasteiger partial charge < -0.3 is 29.6 Å². The molecule has 0 amide bonds. The molecule has 16 nitrogen and oxygen atoms in total. The number of aliphatic hydroxyl groups is 2. The van der Waals surface area contributed by atoms with Crippen molar-refractivity contribution in [3.8, 4) is 0 Å². The largest absolute Gasteiger partial charge is 0.481 e. The zero-order valence-corrected chi connectivity index (χ0v) is 15.3. The molecule has 0 bridgehead atoms. The summed E-state index contributed by atoms with van der Waals surface area (Å²) in [6, 6.07) is 0. The Labute approximate surface area is 153 Å². The number of hydrogen-bond donors (Lipinski definition) is 7. The van der Waals surface area contributed by atoms with E-state index in [-0.39, 0.29) is 11.2 Å². The summed E-state index contributed by atoms with van der Waals surface area (Å²) in [4.78, 5) is 57.5. The van der Waals surface area contributed by atoms with Crippen LogP contribution in [0.5, 0.6) is 0 Å². The number of aliphatic hydroxyl groups excluding tert-OH is 2. The fraction of sp³-hybridized carbons (Fsp3) is 0.500. The van der Waals surface area contributed by atoms with Crippen LogP contribution in [-0.4, -0.2) is 69.3 Å². The van der Waals surface area contributed by atoms with Crippen molar-refractivity contribution >= 4 is 26.8 Å². The van der Waals surface area contributed by atoms with Gasteiger partial charge >= 0.3 is 21.3 Å². The van der Waals surface area contributed by atoms with Gasteiger partial charge in [0.15, 0.2) is 11.7 Å². The van der Waals surface area contributed by atoms with Gasteiger partial charge in [0.2, 0.25) is 0 Å². The second-order valence-electron chi connectivity index (χ2n) is 5.64. The minimum absolute atomic E-state index is 0.121. The Balaban J connectivity index is 1.80. The third-order valence-electron chi connectivity index (χ3n) is 3.69. The lowest BCUT2D eigenvalue weighted by Gasteiger charge is -2.17. The quantitative estimate of drug-likeness (QED) is 0.224. The number of aromatic amines is 2. The van der Waals surface area contributed by atoms with Crippen molar-refractivity contribution in [3.05, 3.63) is 27.2 Å². The molecule has 0 radical (unpaired) electrons. The number of nitrogens with zero attached hydrogens (tertiary/aromatic N) is 2. The number of phosphoric ester groups is 1. The molecule has 0 aromatic carbocycles. The van der Waals surface area contributed by atoms with Crippen LogP contribution in [-0.2, 0) is 22.7 Å². The molecule has 1 aliphatic rings. The minimum Gasteiger partial charge on any atom is -0.387 e. The van der Waals surface area contributed by atoms with Crippen molar-refractivity contribution in [1.82, 2.24) is 19.5 Å². The number of imidazole rings is 1. The standard InChI is InChI=1S/C10H14N4O12P2/c15-5-3(1-24-28(22,23)26-27(19,20)21)25-9(6(5)16)14-2-11-4-7(14)12-10(18)13-8(4)17/h2-3,5-6,9,15-16H,1H2,(H,22,23)(H2,19,20,21)(H2,12,13,17,18)/t3-,5-,6-,9-/m0/s1. The number of rotatable bonds is 6. The Hall–Kier alpha value is -1.71. The Morgan fingerprint density at radius 3 is 2.50 bits per heavy atom. The van der Waals surface area contributed by atoms with Crippen molar-refractivity contribution < 1.29 is 47.6 Å². The van der Waals surface area contributed by atoms with Crippen LogP contribution in [0.4, 0.5) is 0 Å². The second kappa shape index (κ2) is 7.27. The second-order valence-corrected chi connectivity index (χ2v) is 8.47. The summed E-state index contributed by atoms with van der Waals surface area (Å²) in [6.07, 6.45) is -5.09. The number of H-pyrrole nitrogens is 2. The van der Waals surface area contributed by atoms with E-state index in [2.05, 4.69) is 18.8 Å². The highest BCUT2D eigenvalue weighted by molar-refractivity contribution is 7.60. The van der Waals surface area contributed by atoms with E-state index in [1.165, 1.54) is 0 Å². The average molecular weight is 444 g/mol. The van der Waals surface area contributed by atoms with Crippen molar-refractivity contribution in [2.45, 2.75) is 24.5 Å². The van der Waals surface area contributed by atoms with E-state index in [0.29, 0.717) is 0 Å². The molecule has 3 heterocycles. The van der Waals surface area contributed by atoms with Crippen LogP contribution >= 0.6 is 15.6 Å². The molecule has 7 N–H and O–H groups in total. The number of phosphoric acid groups is 2. The monoisotopic (exact) mass is 444 g/mol. The molecular weight excluding hydrogens is 430 g/mol. The fourth-order valence-corrected chi connectivity index (χ4v) is 4.17. The summed E-state index contributed by atoms with van der Waals surface area (Å²) < 4.78 is 36.4. The van der Waals surface area contributed by atoms with E-state index in [4.69, 9.17) is 14.5 Å². The van der Waals surface area contributed by atoms with Gasteiger partial charge in [-0.3, -0.25) is 23.9 Å². The molecule has 18 heteroatoms. The first-order valence-electron chi connectivity index (χ1n) is 7.33. The molecule has 28 heavy (non-hydrogen) atoms. The molecule has 1 fully saturated rings. The van der Waals surface area contributed by atoms with Gasteiger partial charge in [-0.15, -0.1) is 0 Å². The molecule has 2 aromatic rings. The van der Waals surface area contributed by atoms with Gasteiger partial charge in [-0.05, 0) is 0 Å². The SMILES string of the molecule is O=c1[nH]c(=O)c2ncn([C@H]3O[C@@H](COP(=O)(O)OP(=O)(O)O)[C@H](O)[C@@H]3O)c2[nH]1. The summed E-state index contributed by atoms with van der Waals surface area (Å²) in [6.45, 7) is -0.897. The van der Waals surface area contributed by atoms with Gasteiger partial charge in [-0.1, -0.05) is 0 Å². The lowest BCUT2D eigenvalue weighted by atomic mass is 10.1. The Morgan fingerprint density at radius 2 is 1.86 bits per heavy atom.